The summed E-state index contributed by atoms with van der Waals surface area (Å²) in [6.07, 6.45) is 5.24. The van der Waals surface area contributed by atoms with Crippen LogP contribution >= 0.6 is 11.6 Å². The molecule has 0 amide bonds. The standard InChI is InChI=1S/C17H17ClN4O2S/c1-12-3-5-15(18)7-17(12)25(23,24)21-9-13-4-6-16(19-8-13)14-10-20-22(2)11-14/h3-8,10-11,21H,9H2,1-2H3. The Morgan fingerprint density at radius 2 is 2.00 bits per heavy atom. The Balaban J connectivity index is 1.73. The SMILES string of the molecule is Cc1ccc(Cl)cc1S(=O)(=O)NCc1ccc(-c2cnn(C)c2)nc1. The number of hydrogen-bond donors (Lipinski definition) is 1. The molecule has 6 nitrogen and oxygen atoms in total. The summed E-state index contributed by atoms with van der Waals surface area (Å²) in [7, 11) is -1.81. The number of aromatic nitrogens is 3. The fourth-order valence-corrected chi connectivity index (χ4v) is 3.90. The average Bonchev–Trinajstić information content (AvgIpc) is 3.02. The topological polar surface area (TPSA) is 76.9 Å². The Morgan fingerprint density at radius 1 is 1.20 bits per heavy atom. The zero-order chi connectivity index (χ0) is 18.0. The lowest BCUT2D eigenvalue weighted by molar-refractivity contribution is 0.580. The number of nitrogens with one attached hydrogen (secondary N) is 1. The molecule has 0 atom stereocenters. The third-order valence-corrected chi connectivity index (χ3v) is 5.51. The fraction of sp³-hybridized carbons (Fsp3) is 0.176. The van der Waals surface area contributed by atoms with Crippen molar-refractivity contribution in [3.05, 3.63) is 65.1 Å². The molecule has 0 aliphatic rings. The summed E-state index contributed by atoms with van der Waals surface area (Å²) in [5.74, 6) is 0. The van der Waals surface area contributed by atoms with Gasteiger partial charge in [0.15, 0.2) is 0 Å². The number of nitrogens with zero attached hydrogens (tertiary/aromatic N) is 3. The summed E-state index contributed by atoms with van der Waals surface area (Å²) < 4.78 is 29.2. The third-order valence-electron chi connectivity index (χ3n) is 3.73. The second-order valence-corrected chi connectivity index (χ2v) is 7.86. The van der Waals surface area contributed by atoms with Gasteiger partial charge in [-0.3, -0.25) is 9.67 Å². The van der Waals surface area contributed by atoms with E-state index in [0.717, 1.165) is 16.8 Å². The van der Waals surface area contributed by atoms with Crippen LogP contribution in [0.5, 0.6) is 0 Å². The summed E-state index contributed by atoms with van der Waals surface area (Å²) in [4.78, 5) is 4.54. The number of rotatable bonds is 5. The molecule has 25 heavy (non-hydrogen) atoms. The van der Waals surface area contributed by atoms with Crippen LogP contribution in [-0.4, -0.2) is 23.2 Å². The molecule has 0 unspecified atom stereocenters. The minimum absolute atomic E-state index is 0.147. The van der Waals surface area contributed by atoms with Gasteiger partial charge in [0.1, 0.15) is 0 Å². The summed E-state index contributed by atoms with van der Waals surface area (Å²) in [5, 5.41) is 4.49. The van der Waals surface area contributed by atoms with E-state index < -0.39 is 10.0 Å². The Labute approximate surface area is 151 Å². The maximum Gasteiger partial charge on any atom is 0.241 e. The molecule has 3 aromatic rings. The van der Waals surface area contributed by atoms with E-state index in [9.17, 15) is 8.42 Å². The first kappa shape index (κ1) is 17.6. The summed E-state index contributed by atoms with van der Waals surface area (Å²) in [5.41, 5.74) is 3.09. The molecule has 0 radical (unpaired) electrons. The smallest absolute Gasteiger partial charge is 0.241 e. The largest absolute Gasteiger partial charge is 0.275 e. The van der Waals surface area contributed by atoms with E-state index in [1.807, 2.05) is 25.4 Å². The molecule has 0 spiro atoms. The van der Waals surface area contributed by atoms with Crippen LogP contribution in [0.1, 0.15) is 11.1 Å². The van der Waals surface area contributed by atoms with Crippen LogP contribution < -0.4 is 4.72 Å². The van der Waals surface area contributed by atoms with Crippen molar-refractivity contribution >= 4 is 21.6 Å². The van der Waals surface area contributed by atoms with Crippen LogP contribution in [0.2, 0.25) is 5.02 Å². The highest BCUT2D eigenvalue weighted by atomic mass is 35.5. The highest BCUT2D eigenvalue weighted by Crippen LogP contribution is 2.20. The van der Waals surface area contributed by atoms with Gasteiger partial charge in [-0.05, 0) is 36.2 Å². The van der Waals surface area contributed by atoms with Gasteiger partial charge < -0.3 is 0 Å². The van der Waals surface area contributed by atoms with Crippen molar-refractivity contribution in [2.45, 2.75) is 18.4 Å². The molecular weight excluding hydrogens is 360 g/mol. The van der Waals surface area contributed by atoms with Crippen LogP contribution in [0, 0.1) is 6.92 Å². The molecule has 130 valence electrons. The first-order valence-electron chi connectivity index (χ1n) is 7.55. The summed E-state index contributed by atoms with van der Waals surface area (Å²) in [6, 6.07) is 8.47. The Kier molecular flexibility index (Phi) is 4.89. The maximum atomic E-state index is 12.5. The number of hydrogen-bond acceptors (Lipinski definition) is 4. The van der Waals surface area contributed by atoms with E-state index in [-0.39, 0.29) is 11.4 Å². The average molecular weight is 377 g/mol. The second kappa shape index (κ2) is 6.95. The number of halogens is 1. The van der Waals surface area contributed by atoms with Crippen molar-refractivity contribution in [2.24, 2.45) is 7.05 Å². The number of sulfonamides is 1. The van der Waals surface area contributed by atoms with Gasteiger partial charge in [-0.1, -0.05) is 23.7 Å². The van der Waals surface area contributed by atoms with Gasteiger partial charge >= 0.3 is 0 Å². The van der Waals surface area contributed by atoms with Gasteiger partial charge in [0.25, 0.3) is 0 Å². The van der Waals surface area contributed by atoms with Gasteiger partial charge in [0.2, 0.25) is 10.0 Å². The molecule has 2 heterocycles. The molecule has 0 bridgehead atoms. The van der Waals surface area contributed by atoms with E-state index in [4.69, 9.17) is 11.6 Å². The minimum atomic E-state index is -3.65. The Bertz CT molecular complexity index is 998. The van der Waals surface area contributed by atoms with Crippen molar-refractivity contribution in [3.63, 3.8) is 0 Å². The molecule has 2 aromatic heterocycles. The van der Waals surface area contributed by atoms with Gasteiger partial charge in [-0.15, -0.1) is 0 Å². The monoisotopic (exact) mass is 376 g/mol. The molecule has 8 heteroatoms. The van der Waals surface area contributed by atoms with E-state index in [2.05, 4.69) is 14.8 Å². The van der Waals surface area contributed by atoms with Crippen molar-refractivity contribution in [1.29, 1.82) is 0 Å². The number of aryl methyl sites for hydroxylation is 2. The highest BCUT2D eigenvalue weighted by molar-refractivity contribution is 7.89. The van der Waals surface area contributed by atoms with Gasteiger partial charge in [0, 0.05) is 36.6 Å². The third kappa shape index (κ3) is 4.07. The predicted octanol–water partition coefficient (Wildman–Crippen LogP) is 2.92. The molecule has 0 fully saturated rings. The van der Waals surface area contributed by atoms with Crippen LogP contribution in [0.3, 0.4) is 0 Å². The molecule has 0 aliphatic heterocycles. The Morgan fingerprint density at radius 3 is 2.64 bits per heavy atom. The lowest BCUT2D eigenvalue weighted by atomic mass is 10.2. The number of pyridine rings is 1. The summed E-state index contributed by atoms with van der Waals surface area (Å²) >= 11 is 5.91. The van der Waals surface area contributed by atoms with E-state index in [0.29, 0.717) is 10.6 Å². The lowest BCUT2D eigenvalue weighted by Gasteiger charge is -2.10. The zero-order valence-electron chi connectivity index (χ0n) is 13.8. The van der Waals surface area contributed by atoms with Gasteiger partial charge in [-0.2, -0.15) is 5.10 Å². The van der Waals surface area contributed by atoms with Gasteiger partial charge in [-0.25, -0.2) is 13.1 Å². The summed E-state index contributed by atoms with van der Waals surface area (Å²) in [6.45, 7) is 1.88. The minimum Gasteiger partial charge on any atom is -0.275 e. The van der Waals surface area contributed by atoms with Crippen molar-refractivity contribution in [3.8, 4) is 11.3 Å². The molecule has 1 aromatic carbocycles. The van der Waals surface area contributed by atoms with Crippen molar-refractivity contribution in [2.75, 3.05) is 0 Å². The van der Waals surface area contributed by atoms with Crippen LogP contribution in [0.15, 0.2) is 53.8 Å². The first-order valence-corrected chi connectivity index (χ1v) is 9.41. The number of benzene rings is 1. The zero-order valence-corrected chi connectivity index (χ0v) is 15.3. The molecule has 0 saturated carbocycles. The van der Waals surface area contributed by atoms with Crippen LogP contribution in [-0.2, 0) is 23.6 Å². The molecule has 3 rings (SSSR count). The van der Waals surface area contributed by atoms with E-state index in [1.165, 1.54) is 6.07 Å². The maximum absolute atomic E-state index is 12.5. The molecule has 0 aliphatic carbocycles. The molecule has 1 N–H and O–H groups in total. The Hall–Kier alpha value is -2.22. The molecular formula is C17H17ClN4O2S. The normalized spacial score (nSPS) is 11.6. The lowest BCUT2D eigenvalue weighted by Crippen LogP contribution is -2.24. The van der Waals surface area contributed by atoms with E-state index in [1.54, 1.807) is 36.1 Å². The van der Waals surface area contributed by atoms with Crippen molar-refractivity contribution in [1.82, 2.24) is 19.5 Å². The van der Waals surface area contributed by atoms with Crippen LogP contribution in [0.25, 0.3) is 11.3 Å². The van der Waals surface area contributed by atoms with Crippen molar-refractivity contribution < 1.29 is 8.42 Å². The molecule has 0 saturated heterocycles. The van der Waals surface area contributed by atoms with E-state index >= 15 is 0 Å². The highest BCUT2D eigenvalue weighted by Gasteiger charge is 2.17. The second-order valence-electron chi connectivity index (χ2n) is 5.69. The predicted molar refractivity (Wildman–Crippen MR) is 96.7 cm³/mol. The first-order chi connectivity index (χ1) is 11.8. The van der Waals surface area contributed by atoms with Crippen LogP contribution in [0.4, 0.5) is 0 Å². The van der Waals surface area contributed by atoms with Gasteiger partial charge in [0.05, 0.1) is 16.8 Å². The fourth-order valence-electron chi connectivity index (χ4n) is 2.37. The quantitative estimate of drug-likeness (QED) is 0.742.